The Kier molecular flexibility index (Phi) is 1.59. The fourth-order valence-electron chi connectivity index (χ4n) is 1.43. The van der Waals surface area contributed by atoms with Gasteiger partial charge in [-0.05, 0) is 37.5 Å². The number of pyridine rings is 2. The van der Waals surface area contributed by atoms with Crippen LogP contribution in [-0.2, 0) is 5.41 Å². The second-order valence-corrected chi connectivity index (χ2v) is 3.56. The largest absolute Gasteiger partial charge is 0.293 e. The number of rotatable bonds is 3. The normalized spacial score (nSPS) is 17.9. The van der Waals surface area contributed by atoms with Gasteiger partial charge in [-0.15, -0.1) is 0 Å². The van der Waals surface area contributed by atoms with Crippen molar-refractivity contribution in [1.29, 1.82) is 0 Å². The summed E-state index contributed by atoms with van der Waals surface area (Å²) < 4.78 is 46.9. The summed E-state index contributed by atoms with van der Waals surface area (Å²) in [6, 6.07) is 5.48. The van der Waals surface area contributed by atoms with E-state index in [0.717, 1.165) is 12.4 Å². The van der Waals surface area contributed by atoms with Crippen molar-refractivity contribution in [2.24, 2.45) is 0 Å². The molecule has 0 unspecified atom stereocenters. The van der Waals surface area contributed by atoms with Gasteiger partial charge in [-0.1, -0.05) is 6.07 Å². The molecule has 0 aliphatic carbocycles. The van der Waals surface area contributed by atoms with Gasteiger partial charge in [0, 0.05) is 38.6 Å². The number of ketones is 1. The molecule has 0 fully saturated rings. The third kappa shape index (κ3) is 2.23. The van der Waals surface area contributed by atoms with E-state index in [4.69, 9.17) is 8.22 Å². The highest BCUT2D eigenvalue weighted by molar-refractivity contribution is 6.03. The molecule has 0 atom stereocenters. The number of Topliss-reactive ketones (excluding diaryl/α,β-unsaturated/α-hetero) is 1. The summed E-state index contributed by atoms with van der Waals surface area (Å²) in [7, 11) is 0. The lowest BCUT2D eigenvalue weighted by Crippen LogP contribution is -2.29. The maximum atomic E-state index is 13.0. The molecule has 2 rings (SSSR count). The first-order chi connectivity index (χ1) is 10.6. The lowest BCUT2D eigenvalue weighted by molar-refractivity contribution is 0.0908. The van der Waals surface area contributed by atoms with E-state index in [1.54, 1.807) is 0 Å². The molecule has 0 amide bonds. The SMILES string of the molecule is [2H]C([2H])([2H])C(C(=O)c1cccnc1)(c1cccnc1)C([2H])([2H])[2H]. The fraction of sp³-hybridized carbons (Fsp3) is 0.214. The highest BCUT2D eigenvalue weighted by Crippen LogP contribution is 2.26. The van der Waals surface area contributed by atoms with Crippen LogP contribution in [0.5, 0.6) is 0 Å². The Morgan fingerprint density at radius 1 is 1.18 bits per heavy atom. The summed E-state index contributed by atoms with van der Waals surface area (Å²) >= 11 is 0. The lowest BCUT2D eigenvalue weighted by Gasteiger charge is -2.23. The highest BCUT2D eigenvalue weighted by Gasteiger charge is 2.30. The molecule has 0 saturated carbocycles. The van der Waals surface area contributed by atoms with Crippen LogP contribution in [0.3, 0.4) is 0 Å². The summed E-state index contributed by atoms with van der Waals surface area (Å²) in [6.07, 6.45) is 5.05. The molecule has 17 heavy (non-hydrogen) atoms. The van der Waals surface area contributed by atoms with Crippen LogP contribution in [0.15, 0.2) is 49.1 Å². The van der Waals surface area contributed by atoms with Crippen LogP contribution < -0.4 is 0 Å². The van der Waals surface area contributed by atoms with Crippen LogP contribution in [0.4, 0.5) is 0 Å². The number of aromatic nitrogens is 2. The molecule has 0 aliphatic heterocycles. The molecule has 0 aliphatic rings. The number of nitrogens with zero attached hydrogens (tertiary/aromatic N) is 2. The summed E-state index contributed by atoms with van der Waals surface area (Å²) in [4.78, 5) is 20.5. The van der Waals surface area contributed by atoms with Crippen molar-refractivity contribution in [3.05, 3.63) is 60.2 Å². The van der Waals surface area contributed by atoms with Crippen molar-refractivity contribution in [2.45, 2.75) is 19.1 Å². The molecule has 3 heteroatoms. The summed E-state index contributed by atoms with van der Waals surface area (Å²) in [6.45, 7) is -6.21. The van der Waals surface area contributed by atoms with Gasteiger partial charge in [0.2, 0.25) is 0 Å². The number of hydrogen-bond donors (Lipinski definition) is 0. The minimum absolute atomic E-state index is 0.0800. The monoisotopic (exact) mass is 232 g/mol. The predicted molar refractivity (Wildman–Crippen MR) is 65.8 cm³/mol. The maximum absolute atomic E-state index is 13.0. The second kappa shape index (κ2) is 4.45. The van der Waals surface area contributed by atoms with Gasteiger partial charge in [-0.2, -0.15) is 0 Å². The average molecular weight is 232 g/mol. The van der Waals surface area contributed by atoms with Gasteiger partial charge >= 0.3 is 0 Å². The van der Waals surface area contributed by atoms with Crippen LogP contribution in [0.25, 0.3) is 0 Å². The zero-order valence-electron chi connectivity index (χ0n) is 14.9. The summed E-state index contributed by atoms with van der Waals surface area (Å²) in [5, 5.41) is 0. The van der Waals surface area contributed by atoms with Crippen molar-refractivity contribution >= 4 is 5.78 Å². The first-order valence-corrected chi connectivity index (χ1v) is 4.97. The van der Waals surface area contributed by atoms with Gasteiger partial charge in [0.1, 0.15) is 0 Å². The van der Waals surface area contributed by atoms with E-state index in [1.807, 2.05) is 0 Å². The molecule has 0 radical (unpaired) electrons. The molecule has 2 aromatic heterocycles. The van der Waals surface area contributed by atoms with E-state index in [1.165, 1.54) is 36.7 Å². The predicted octanol–water partition coefficient (Wildman–Crippen LogP) is 2.64. The van der Waals surface area contributed by atoms with Gasteiger partial charge in [0.15, 0.2) is 5.78 Å². The Morgan fingerprint density at radius 2 is 1.88 bits per heavy atom. The van der Waals surface area contributed by atoms with E-state index < -0.39 is 24.9 Å². The van der Waals surface area contributed by atoms with Crippen molar-refractivity contribution < 1.29 is 13.0 Å². The topological polar surface area (TPSA) is 42.9 Å². The molecule has 0 spiro atoms. The first kappa shape index (κ1) is 6.05. The Morgan fingerprint density at radius 3 is 2.41 bits per heavy atom. The molecule has 3 nitrogen and oxygen atoms in total. The lowest BCUT2D eigenvalue weighted by atomic mass is 9.79. The number of carbonyl (C=O) groups is 1. The minimum atomic E-state index is -3.10. The molecule has 0 bridgehead atoms. The van der Waals surface area contributed by atoms with Gasteiger partial charge in [-0.25, -0.2) is 0 Å². The molecule has 2 heterocycles. The molecular formula is C14H14N2O. The van der Waals surface area contributed by atoms with Crippen molar-refractivity contribution in [3.63, 3.8) is 0 Å². The molecule has 0 saturated heterocycles. The smallest absolute Gasteiger partial charge is 0.174 e. The van der Waals surface area contributed by atoms with E-state index in [0.29, 0.717) is 0 Å². The van der Waals surface area contributed by atoms with Gasteiger partial charge < -0.3 is 0 Å². The Hall–Kier alpha value is -2.03. The van der Waals surface area contributed by atoms with E-state index in [2.05, 4.69) is 9.97 Å². The molecule has 0 aromatic carbocycles. The van der Waals surface area contributed by atoms with Crippen molar-refractivity contribution in [1.82, 2.24) is 9.97 Å². The third-order valence-corrected chi connectivity index (χ3v) is 2.36. The molecular weight excluding hydrogens is 212 g/mol. The van der Waals surface area contributed by atoms with Gasteiger partial charge in [0.25, 0.3) is 0 Å². The van der Waals surface area contributed by atoms with Gasteiger partial charge in [0.05, 0.1) is 5.41 Å². The van der Waals surface area contributed by atoms with Crippen LogP contribution in [0.1, 0.15) is 37.8 Å². The molecule has 0 N–H and O–H groups in total. The van der Waals surface area contributed by atoms with Crippen LogP contribution in [0.2, 0.25) is 0 Å². The van der Waals surface area contributed by atoms with Gasteiger partial charge in [-0.3, -0.25) is 14.8 Å². The third-order valence-electron chi connectivity index (χ3n) is 2.36. The van der Waals surface area contributed by atoms with E-state index >= 15 is 0 Å². The second-order valence-electron chi connectivity index (χ2n) is 3.56. The summed E-state index contributed by atoms with van der Waals surface area (Å²) in [5.74, 6) is -1.03. The Balaban J connectivity index is 2.82. The Bertz CT molecular complexity index is 668. The van der Waals surface area contributed by atoms with Crippen LogP contribution >= 0.6 is 0 Å². The number of carbonyl (C=O) groups excluding carboxylic acids is 1. The quantitative estimate of drug-likeness (QED) is 0.764. The van der Waals surface area contributed by atoms with E-state index in [-0.39, 0.29) is 11.1 Å². The average Bonchev–Trinajstić information content (AvgIpc) is 2.47. The summed E-state index contributed by atoms with van der Waals surface area (Å²) in [5.41, 5.74) is -2.96. The highest BCUT2D eigenvalue weighted by atomic mass is 16.1. The van der Waals surface area contributed by atoms with Crippen LogP contribution in [-0.4, -0.2) is 15.8 Å². The standard InChI is InChI=1S/C14H14N2O/c1-14(2,12-6-4-8-16-10-12)13(17)11-5-3-7-15-9-11/h3-10H,1-2H3/i1D3,2D3. The zero-order chi connectivity index (χ0) is 17.3. The van der Waals surface area contributed by atoms with E-state index in [9.17, 15) is 4.79 Å². The van der Waals surface area contributed by atoms with Crippen molar-refractivity contribution in [3.8, 4) is 0 Å². The first-order valence-electron chi connectivity index (χ1n) is 7.97. The van der Waals surface area contributed by atoms with Crippen LogP contribution in [0, 0.1) is 0 Å². The maximum Gasteiger partial charge on any atom is 0.174 e. The van der Waals surface area contributed by atoms with Crippen molar-refractivity contribution in [2.75, 3.05) is 0 Å². The fourth-order valence-corrected chi connectivity index (χ4v) is 1.43. The number of hydrogen-bond acceptors (Lipinski definition) is 3. The molecule has 2 aromatic rings. The zero-order valence-corrected chi connectivity index (χ0v) is 8.92. The Labute approximate surface area is 109 Å². The minimum Gasteiger partial charge on any atom is -0.293 e. The molecule has 86 valence electrons.